The van der Waals surface area contributed by atoms with E-state index < -0.39 is 0 Å². The summed E-state index contributed by atoms with van der Waals surface area (Å²) < 4.78 is 2.10. The van der Waals surface area contributed by atoms with E-state index >= 15 is 0 Å². The number of nitrogens with one attached hydrogen (secondary N) is 1. The number of carbonyl (C=O) groups excluding carboxylic acids is 1. The molecule has 1 aromatic carbocycles. The molecule has 4 nitrogen and oxygen atoms in total. The number of hydrogen-bond donors (Lipinski definition) is 1. The second-order valence-corrected chi connectivity index (χ2v) is 4.59. The van der Waals surface area contributed by atoms with Gasteiger partial charge in [0.2, 0.25) is 0 Å². The predicted molar refractivity (Wildman–Crippen MR) is 70.9 cm³/mol. The summed E-state index contributed by atoms with van der Waals surface area (Å²) in [6.45, 7) is 3.87. The third-order valence-corrected chi connectivity index (χ3v) is 3.23. The molecular weight excluding hydrogens is 226 g/mol. The van der Waals surface area contributed by atoms with E-state index in [-0.39, 0.29) is 0 Å². The first-order valence-corrected chi connectivity index (χ1v) is 6.16. The van der Waals surface area contributed by atoms with Crippen LogP contribution in [0.3, 0.4) is 0 Å². The second-order valence-electron chi connectivity index (χ2n) is 4.59. The van der Waals surface area contributed by atoms with Gasteiger partial charge < -0.3 is 9.88 Å². The maximum atomic E-state index is 11.1. The molecule has 1 aliphatic heterocycles. The van der Waals surface area contributed by atoms with Crippen LogP contribution < -0.4 is 5.32 Å². The number of rotatable bonds is 2. The van der Waals surface area contributed by atoms with Gasteiger partial charge in [0, 0.05) is 18.7 Å². The van der Waals surface area contributed by atoms with Gasteiger partial charge in [-0.3, -0.25) is 4.79 Å². The van der Waals surface area contributed by atoms with E-state index in [2.05, 4.69) is 33.9 Å². The molecule has 0 atom stereocenters. The molecule has 92 valence electrons. The Kier molecular flexibility index (Phi) is 2.63. The lowest BCUT2D eigenvalue weighted by atomic mass is 10.1. The van der Waals surface area contributed by atoms with Gasteiger partial charge in [-0.15, -0.1) is 0 Å². The zero-order chi connectivity index (χ0) is 12.5. The number of benzene rings is 1. The number of imidazole rings is 1. The number of aromatic nitrogens is 2. The van der Waals surface area contributed by atoms with Crippen LogP contribution in [0.5, 0.6) is 0 Å². The molecule has 0 unspecified atom stereocenters. The van der Waals surface area contributed by atoms with Crippen molar-refractivity contribution in [2.45, 2.75) is 19.9 Å². The lowest BCUT2D eigenvalue weighted by Crippen LogP contribution is -2.18. The fourth-order valence-electron chi connectivity index (χ4n) is 2.41. The summed E-state index contributed by atoms with van der Waals surface area (Å²) in [5.41, 5.74) is 2.76. The molecule has 0 radical (unpaired) electrons. The summed E-state index contributed by atoms with van der Waals surface area (Å²) >= 11 is 0. The van der Waals surface area contributed by atoms with E-state index in [0.29, 0.717) is 5.69 Å². The normalized spacial score (nSPS) is 13.8. The van der Waals surface area contributed by atoms with Crippen molar-refractivity contribution in [2.24, 2.45) is 0 Å². The quantitative estimate of drug-likeness (QED) is 0.822. The summed E-state index contributed by atoms with van der Waals surface area (Å²) in [7, 11) is 0. The molecule has 1 aliphatic rings. The molecule has 0 spiro atoms. The SMILES string of the molecule is Cc1cccc(-c2nc(C=O)c3n2CCCN3)c1. The Morgan fingerprint density at radius 1 is 1.44 bits per heavy atom. The molecule has 0 saturated heterocycles. The van der Waals surface area contributed by atoms with Gasteiger partial charge in [-0.05, 0) is 19.4 Å². The minimum absolute atomic E-state index is 0.506. The van der Waals surface area contributed by atoms with Gasteiger partial charge in [0.05, 0.1) is 0 Å². The molecule has 1 aromatic heterocycles. The van der Waals surface area contributed by atoms with Gasteiger partial charge in [-0.25, -0.2) is 4.98 Å². The van der Waals surface area contributed by atoms with Crippen LogP contribution in [-0.2, 0) is 6.54 Å². The summed E-state index contributed by atoms with van der Waals surface area (Å²) in [5.74, 6) is 1.73. The van der Waals surface area contributed by atoms with Gasteiger partial charge in [0.15, 0.2) is 6.29 Å². The molecule has 0 bridgehead atoms. The average molecular weight is 241 g/mol. The van der Waals surface area contributed by atoms with E-state index in [1.807, 2.05) is 12.1 Å². The second kappa shape index (κ2) is 4.29. The molecular formula is C14H15N3O. The first-order valence-electron chi connectivity index (χ1n) is 6.16. The van der Waals surface area contributed by atoms with E-state index in [9.17, 15) is 4.79 Å². The van der Waals surface area contributed by atoms with Crippen LogP contribution >= 0.6 is 0 Å². The van der Waals surface area contributed by atoms with Crippen molar-refractivity contribution in [3.8, 4) is 11.4 Å². The third kappa shape index (κ3) is 1.70. The van der Waals surface area contributed by atoms with Gasteiger partial charge in [-0.2, -0.15) is 0 Å². The molecule has 4 heteroatoms. The van der Waals surface area contributed by atoms with Crippen molar-refractivity contribution in [3.05, 3.63) is 35.5 Å². The molecule has 2 heterocycles. The molecule has 0 aliphatic carbocycles. The highest BCUT2D eigenvalue weighted by Crippen LogP contribution is 2.28. The van der Waals surface area contributed by atoms with Crippen LogP contribution in [-0.4, -0.2) is 22.4 Å². The Morgan fingerprint density at radius 2 is 2.33 bits per heavy atom. The average Bonchev–Trinajstić information content (AvgIpc) is 2.77. The minimum atomic E-state index is 0.506. The summed E-state index contributed by atoms with van der Waals surface area (Å²) in [4.78, 5) is 15.5. The molecule has 0 fully saturated rings. The monoisotopic (exact) mass is 241 g/mol. The number of aldehydes is 1. The van der Waals surface area contributed by atoms with Crippen molar-refractivity contribution < 1.29 is 4.79 Å². The van der Waals surface area contributed by atoms with Crippen molar-refractivity contribution in [2.75, 3.05) is 11.9 Å². The number of anilines is 1. The highest BCUT2D eigenvalue weighted by molar-refractivity contribution is 5.83. The molecule has 18 heavy (non-hydrogen) atoms. The van der Waals surface area contributed by atoms with E-state index in [1.165, 1.54) is 5.56 Å². The van der Waals surface area contributed by atoms with Gasteiger partial charge >= 0.3 is 0 Å². The van der Waals surface area contributed by atoms with Gasteiger partial charge in [0.1, 0.15) is 17.3 Å². The van der Waals surface area contributed by atoms with Crippen LogP contribution in [0, 0.1) is 6.92 Å². The fraction of sp³-hybridized carbons (Fsp3) is 0.286. The first kappa shape index (κ1) is 11.0. The van der Waals surface area contributed by atoms with Crippen molar-refractivity contribution >= 4 is 12.1 Å². The third-order valence-electron chi connectivity index (χ3n) is 3.23. The molecule has 3 rings (SSSR count). The number of hydrogen-bond acceptors (Lipinski definition) is 3. The number of aryl methyl sites for hydroxylation is 1. The summed E-state index contributed by atoms with van der Waals surface area (Å²) in [6.07, 6.45) is 1.88. The Bertz CT molecular complexity index is 601. The lowest BCUT2D eigenvalue weighted by molar-refractivity contribution is 0.112. The summed E-state index contributed by atoms with van der Waals surface area (Å²) in [6, 6.07) is 8.20. The Morgan fingerprint density at radius 3 is 3.11 bits per heavy atom. The Labute approximate surface area is 106 Å². The number of fused-ring (bicyclic) bond motifs is 1. The van der Waals surface area contributed by atoms with Crippen molar-refractivity contribution in [1.82, 2.24) is 9.55 Å². The van der Waals surface area contributed by atoms with Crippen LogP contribution in [0.2, 0.25) is 0 Å². The van der Waals surface area contributed by atoms with E-state index in [1.54, 1.807) is 0 Å². The van der Waals surface area contributed by atoms with Crippen LogP contribution in [0.1, 0.15) is 22.5 Å². The van der Waals surface area contributed by atoms with Crippen LogP contribution in [0.25, 0.3) is 11.4 Å². The zero-order valence-corrected chi connectivity index (χ0v) is 10.3. The van der Waals surface area contributed by atoms with E-state index in [4.69, 9.17) is 0 Å². The largest absolute Gasteiger partial charge is 0.369 e. The Balaban J connectivity index is 2.17. The highest BCUT2D eigenvalue weighted by Gasteiger charge is 2.20. The van der Waals surface area contributed by atoms with Crippen molar-refractivity contribution in [3.63, 3.8) is 0 Å². The molecule has 0 saturated carbocycles. The minimum Gasteiger partial charge on any atom is -0.369 e. The lowest BCUT2D eigenvalue weighted by Gasteiger charge is -2.18. The first-order chi connectivity index (χ1) is 8.79. The van der Waals surface area contributed by atoms with Gasteiger partial charge in [-0.1, -0.05) is 23.8 Å². The fourth-order valence-corrected chi connectivity index (χ4v) is 2.41. The maximum Gasteiger partial charge on any atom is 0.172 e. The van der Waals surface area contributed by atoms with Crippen LogP contribution in [0.15, 0.2) is 24.3 Å². The number of carbonyl (C=O) groups is 1. The number of nitrogens with zero attached hydrogens (tertiary/aromatic N) is 2. The topological polar surface area (TPSA) is 46.9 Å². The van der Waals surface area contributed by atoms with Crippen LogP contribution in [0.4, 0.5) is 5.82 Å². The predicted octanol–water partition coefficient (Wildman–Crippen LogP) is 2.49. The van der Waals surface area contributed by atoms with E-state index in [0.717, 1.165) is 43.0 Å². The molecule has 0 amide bonds. The maximum absolute atomic E-state index is 11.1. The molecule has 1 N–H and O–H groups in total. The smallest absolute Gasteiger partial charge is 0.172 e. The van der Waals surface area contributed by atoms with Gasteiger partial charge in [0.25, 0.3) is 0 Å². The molecule has 2 aromatic rings. The standard InChI is InChI=1S/C14H15N3O/c1-10-4-2-5-11(8-10)13-16-12(9-18)14-15-6-3-7-17(13)14/h2,4-5,8-9,15H,3,6-7H2,1H3. The Hall–Kier alpha value is -2.10. The summed E-state index contributed by atoms with van der Waals surface area (Å²) in [5, 5.41) is 3.26. The highest BCUT2D eigenvalue weighted by atomic mass is 16.1. The zero-order valence-electron chi connectivity index (χ0n) is 10.3. The van der Waals surface area contributed by atoms with Crippen molar-refractivity contribution in [1.29, 1.82) is 0 Å².